The zero-order chi connectivity index (χ0) is 22.2. The van der Waals surface area contributed by atoms with Crippen molar-refractivity contribution in [2.45, 2.75) is 5.92 Å². The third kappa shape index (κ3) is 3.42. The molecule has 2 aromatic heterocycles. The van der Waals surface area contributed by atoms with Crippen molar-refractivity contribution in [3.05, 3.63) is 102 Å². The van der Waals surface area contributed by atoms with Crippen LogP contribution >= 0.6 is 0 Å². The molecule has 0 spiro atoms. The Morgan fingerprint density at radius 1 is 0.812 bits per heavy atom. The highest BCUT2D eigenvalue weighted by atomic mass is 16.5. The van der Waals surface area contributed by atoms with Gasteiger partial charge in [0.1, 0.15) is 5.75 Å². The molecule has 0 saturated carbocycles. The van der Waals surface area contributed by atoms with Crippen LogP contribution < -0.4 is 4.74 Å². The zero-order valence-corrected chi connectivity index (χ0v) is 18.0. The topological polar surface area (TPSA) is 56.4 Å². The van der Waals surface area contributed by atoms with Gasteiger partial charge in [0.05, 0.1) is 0 Å². The molecule has 0 aliphatic carbocycles. The molecule has 5 aromatic rings. The second-order valence-electron chi connectivity index (χ2n) is 8.11. The summed E-state index contributed by atoms with van der Waals surface area (Å²) < 4.78 is 9.70. The highest BCUT2D eigenvalue weighted by molar-refractivity contribution is 5.89. The van der Waals surface area contributed by atoms with Crippen LogP contribution in [0.15, 0.2) is 85.2 Å². The summed E-state index contributed by atoms with van der Waals surface area (Å²) >= 11 is 0. The van der Waals surface area contributed by atoms with Gasteiger partial charge in [0, 0.05) is 54.2 Å². The van der Waals surface area contributed by atoms with E-state index < -0.39 is 5.97 Å². The summed E-state index contributed by atoms with van der Waals surface area (Å²) in [4.78, 5) is 10.8. The third-order valence-corrected chi connectivity index (χ3v) is 6.05. The molecule has 0 aliphatic rings. The summed E-state index contributed by atoms with van der Waals surface area (Å²) in [7, 11) is 4.16. The molecule has 0 fully saturated rings. The Labute approximate surface area is 186 Å². The molecule has 0 unspecified atom stereocenters. The summed E-state index contributed by atoms with van der Waals surface area (Å²) in [6.07, 6.45) is 4.43. The molecular formula is C27H24N2O3. The van der Waals surface area contributed by atoms with Crippen molar-refractivity contribution in [3.63, 3.8) is 0 Å². The first-order chi connectivity index (χ1) is 15.5. The monoisotopic (exact) mass is 424 g/mol. The molecule has 0 bridgehead atoms. The van der Waals surface area contributed by atoms with Crippen LogP contribution in [0, 0.1) is 0 Å². The standard InChI is InChI=1S/C27H24N2O3/c1-28-15-22(20-7-3-5-9-24(20)28)27(18-11-13-19(14-12-18)32-17-26(30)31)23-16-29(2)25-10-6-4-8-21(23)25/h3-16,27H,17H2,1-2H3,(H,30,31). The van der Waals surface area contributed by atoms with Gasteiger partial charge in [-0.25, -0.2) is 4.79 Å². The van der Waals surface area contributed by atoms with Gasteiger partial charge in [-0.15, -0.1) is 0 Å². The van der Waals surface area contributed by atoms with Crippen LogP contribution in [0.2, 0.25) is 0 Å². The van der Waals surface area contributed by atoms with Gasteiger partial charge >= 0.3 is 5.97 Å². The zero-order valence-electron chi connectivity index (χ0n) is 18.0. The van der Waals surface area contributed by atoms with E-state index in [1.54, 1.807) is 0 Å². The average molecular weight is 425 g/mol. The normalized spacial score (nSPS) is 11.5. The number of fused-ring (bicyclic) bond motifs is 2. The van der Waals surface area contributed by atoms with Crippen molar-refractivity contribution in [3.8, 4) is 5.75 Å². The number of carboxylic acid groups (broad SMARTS) is 1. The molecule has 5 rings (SSSR count). The number of benzene rings is 3. The smallest absolute Gasteiger partial charge is 0.341 e. The molecule has 0 atom stereocenters. The van der Waals surface area contributed by atoms with E-state index in [1.807, 2.05) is 24.3 Å². The number of hydrogen-bond donors (Lipinski definition) is 1. The Balaban J connectivity index is 1.70. The lowest BCUT2D eigenvalue weighted by atomic mass is 9.85. The van der Waals surface area contributed by atoms with Crippen LogP contribution in [-0.2, 0) is 18.9 Å². The Bertz CT molecular complexity index is 1350. The molecule has 0 saturated heterocycles. The van der Waals surface area contributed by atoms with Crippen LogP contribution in [0.4, 0.5) is 0 Å². The number of hydrogen-bond acceptors (Lipinski definition) is 2. The van der Waals surface area contributed by atoms with Crippen molar-refractivity contribution in [1.29, 1.82) is 0 Å². The lowest BCUT2D eigenvalue weighted by molar-refractivity contribution is -0.139. The first-order valence-corrected chi connectivity index (χ1v) is 10.6. The van der Waals surface area contributed by atoms with E-state index in [0.29, 0.717) is 5.75 Å². The number of aryl methyl sites for hydroxylation is 2. The molecule has 5 heteroatoms. The van der Waals surface area contributed by atoms with Gasteiger partial charge in [0.2, 0.25) is 0 Å². The van der Waals surface area contributed by atoms with Gasteiger partial charge in [-0.05, 0) is 41.0 Å². The lowest BCUT2D eigenvalue weighted by Gasteiger charge is -2.18. The molecule has 5 nitrogen and oxygen atoms in total. The minimum absolute atomic E-state index is 0.0146. The maximum Gasteiger partial charge on any atom is 0.341 e. The third-order valence-electron chi connectivity index (χ3n) is 6.05. The van der Waals surface area contributed by atoms with E-state index in [4.69, 9.17) is 9.84 Å². The molecule has 2 heterocycles. The van der Waals surface area contributed by atoms with E-state index in [2.05, 4.69) is 84.2 Å². The first-order valence-electron chi connectivity index (χ1n) is 10.6. The SMILES string of the molecule is Cn1cc(C(c2ccc(OCC(=O)O)cc2)c2cn(C)c3ccccc23)c2ccccc21. The van der Waals surface area contributed by atoms with Crippen LogP contribution in [0.5, 0.6) is 5.75 Å². The fourth-order valence-electron chi connectivity index (χ4n) is 4.63. The quantitative estimate of drug-likeness (QED) is 0.402. The number of carbonyl (C=O) groups is 1. The van der Waals surface area contributed by atoms with Crippen molar-refractivity contribution in [2.75, 3.05) is 6.61 Å². The fraction of sp³-hybridized carbons (Fsp3) is 0.148. The molecule has 1 N–H and O–H groups in total. The van der Waals surface area contributed by atoms with Gasteiger partial charge in [-0.2, -0.15) is 0 Å². The van der Waals surface area contributed by atoms with E-state index in [-0.39, 0.29) is 12.5 Å². The van der Waals surface area contributed by atoms with Gasteiger partial charge in [0.25, 0.3) is 0 Å². The van der Waals surface area contributed by atoms with Gasteiger partial charge in [0.15, 0.2) is 6.61 Å². The molecule has 0 aliphatic heterocycles. The minimum atomic E-state index is -0.988. The predicted molar refractivity (Wildman–Crippen MR) is 126 cm³/mol. The largest absolute Gasteiger partial charge is 0.482 e. The summed E-state index contributed by atoms with van der Waals surface area (Å²) in [5, 5.41) is 11.3. The second kappa shape index (κ2) is 7.93. The van der Waals surface area contributed by atoms with E-state index >= 15 is 0 Å². The van der Waals surface area contributed by atoms with Crippen molar-refractivity contribution < 1.29 is 14.6 Å². The number of aliphatic carboxylic acids is 1. The van der Waals surface area contributed by atoms with Crippen LogP contribution in [0.25, 0.3) is 21.8 Å². The van der Waals surface area contributed by atoms with Crippen molar-refractivity contribution in [2.24, 2.45) is 14.1 Å². The van der Waals surface area contributed by atoms with Crippen LogP contribution in [-0.4, -0.2) is 26.8 Å². The number of rotatable bonds is 6. The number of carboxylic acids is 1. The number of ether oxygens (including phenoxy) is 1. The van der Waals surface area contributed by atoms with Gasteiger partial charge in [-0.3, -0.25) is 0 Å². The molecule has 160 valence electrons. The highest BCUT2D eigenvalue weighted by Gasteiger charge is 2.24. The molecule has 0 radical (unpaired) electrons. The van der Waals surface area contributed by atoms with Crippen LogP contribution in [0.3, 0.4) is 0 Å². The molecular weight excluding hydrogens is 400 g/mol. The van der Waals surface area contributed by atoms with E-state index in [0.717, 1.165) is 5.56 Å². The average Bonchev–Trinajstić information content (AvgIpc) is 3.31. The minimum Gasteiger partial charge on any atom is -0.482 e. The Morgan fingerprint density at radius 2 is 1.31 bits per heavy atom. The maximum absolute atomic E-state index is 10.8. The van der Waals surface area contributed by atoms with Crippen molar-refractivity contribution in [1.82, 2.24) is 9.13 Å². The summed E-state index contributed by atoms with van der Waals surface area (Å²) in [5.74, 6) is -0.426. The highest BCUT2D eigenvalue weighted by Crippen LogP contribution is 2.40. The summed E-state index contributed by atoms with van der Waals surface area (Å²) in [5.41, 5.74) is 5.97. The lowest BCUT2D eigenvalue weighted by Crippen LogP contribution is -2.09. The Hall–Kier alpha value is -3.99. The summed E-state index contributed by atoms with van der Waals surface area (Å²) in [6, 6.07) is 24.7. The number of nitrogens with zero attached hydrogens (tertiary/aromatic N) is 2. The summed E-state index contributed by atoms with van der Waals surface area (Å²) in [6.45, 7) is -0.352. The maximum atomic E-state index is 10.8. The Morgan fingerprint density at radius 3 is 1.81 bits per heavy atom. The molecule has 32 heavy (non-hydrogen) atoms. The second-order valence-corrected chi connectivity index (χ2v) is 8.11. The van der Waals surface area contributed by atoms with Gasteiger partial charge < -0.3 is 19.0 Å². The van der Waals surface area contributed by atoms with Crippen molar-refractivity contribution >= 4 is 27.8 Å². The fourth-order valence-corrected chi connectivity index (χ4v) is 4.63. The first kappa shape index (κ1) is 19.9. The predicted octanol–water partition coefficient (Wildman–Crippen LogP) is 5.31. The number of para-hydroxylation sites is 2. The molecule has 0 amide bonds. The van der Waals surface area contributed by atoms with E-state index in [1.165, 1.54) is 32.9 Å². The van der Waals surface area contributed by atoms with Crippen LogP contribution in [0.1, 0.15) is 22.6 Å². The Kier molecular flexibility index (Phi) is 4.94. The van der Waals surface area contributed by atoms with E-state index in [9.17, 15) is 4.79 Å². The van der Waals surface area contributed by atoms with Gasteiger partial charge in [-0.1, -0.05) is 48.5 Å². The molecule has 3 aromatic carbocycles. The number of aromatic nitrogens is 2.